The number of aromatic nitrogens is 3. The quantitative estimate of drug-likeness (QED) is 0.699. The number of rotatable bonds is 6. The van der Waals surface area contributed by atoms with Gasteiger partial charge in [-0.05, 0) is 12.8 Å². The van der Waals surface area contributed by atoms with Crippen molar-refractivity contribution in [2.75, 3.05) is 13.2 Å². The molecule has 1 aromatic rings. The lowest BCUT2D eigenvalue weighted by Crippen LogP contribution is -2.34. The van der Waals surface area contributed by atoms with Gasteiger partial charge in [-0.1, -0.05) is 5.21 Å². The summed E-state index contributed by atoms with van der Waals surface area (Å²) in [5.41, 5.74) is 0.333. The maximum Gasteiger partial charge on any atom is 0.309 e. The topological polar surface area (TPSA) is 106 Å². The highest BCUT2D eigenvalue weighted by atomic mass is 16.5. The van der Waals surface area contributed by atoms with E-state index in [1.54, 1.807) is 0 Å². The third-order valence-electron chi connectivity index (χ3n) is 2.77. The Morgan fingerprint density at radius 1 is 1.58 bits per heavy atom. The fourth-order valence-corrected chi connectivity index (χ4v) is 1.89. The zero-order valence-corrected chi connectivity index (χ0v) is 10.4. The number of hydrogen-bond acceptors (Lipinski definition) is 5. The summed E-state index contributed by atoms with van der Waals surface area (Å²) in [4.78, 5) is 22.1. The second-order valence-electron chi connectivity index (χ2n) is 4.42. The molecule has 0 spiro atoms. The average Bonchev–Trinajstić information content (AvgIpc) is 2.97. The van der Waals surface area contributed by atoms with Crippen LogP contribution in [-0.2, 0) is 27.3 Å². The molecular weight excluding hydrogens is 252 g/mol. The number of nitrogens with one attached hydrogen (secondary N) is 1. The molecule has 104 valence electrons. The first-order chi connectivity index (χ1) is 9.13. The minimum absolute atomic E-state index is 0.0271. The summed E-state index contributed by atoms with van der Waals surface area (Å²) < 4.78 is 6.71. The van der Waals surface area contributed by atoms with E-state index < -0.39 is 5.97 Å². The van der Waals surface area contributed by atoms with E-state index in [2.05, 4.69) is 15.6 Å². The van der Waals surface area contributed by atoms with Gasteiger partial charge in [0.1, 0.15) is 6.54 Å². The second kappa shape index (κ2) is 6.28. The molecule has 0 saturated carbocycles. The maximum absolute atomic E-state index is 11.6. The lowest BCUT2D eigenvalue weighted by molar-refractivity contribution is -0.136. The molecule has 19 heavy (non-hydrogen) atoms. The number of amides is 1. The first-order valence-corrected chi connectivity index (χ1v) is 6.12. The molecule has 8 heteroatoms. The molecule has 0 aliphatic carbocycles. The van der Waals surface area contributed by atoms with Crippen molar-refractivity contribution in [1.82, 2.24) is 20.3 Å². The van der Waals surface area contributed by atoms with Crippen LogP contribution < -0.4 is 5.32 Å². The molecular formula is C11H16N4O4. The lowest BCUT2D eigenvalue weighted by Gasteiger charge is -2.10. The average molecular weight is 268 g/mol. The molecule has 1 atom stereocenters. The Hall–Kier alpha value is -1.96. The van der Waals surface area contributed by atoms with Crippen molar-refractivity contribution in [3.63, 3.8) is 0 Å². The van der Waals surface area contributed by atoms with E-state index in [9.17, 15) is 9.59 Å². The van der Waals surface area contributed by atoms with Gasteiger partial charge in [-0.2, -0.15) is 0 Å². The number of carboxylic acid groups (broad SMARTS) is 1. The van der Waals surface area contributed by atoms with Crippen LogP contribution in [0, 0.1) is 0 Å². The lowest BCUT2D eigenvalue weighted by atomic mass is 10.2. The van der Waals surface area contributed by atoms with Crippen LogP contribution in [0.4, 0.5) is 0 Å². The van der Waals surface area contributed by atoms with E-state index in [1.165, 1.54) is 10.9 Å². The summed E-state index contributed by atoms with van der Waals surface area (Å²) in [7, 11) is 0. The molecule has 1 aromatic heterocycles. The van der Waals surface area contributed by atoms with Crippen molar-refractivity contribution in [3.8, 4) is 0 Å². The van der Waals surface area contributed by atoms with Crippen LogP contribution in [0.3, 0.4) is 0 Å². The van der Waals surface area contributed by atoms with E-state index in [1.807, 2.05) is 0 Å². The maximum atomic E-state index is 11.6. The van der Waals surface area contributed by atoms with Gasteiger partial charge in [-0.3, -0.25) is 9.59 Å². The fraction of sp³-hybridized carbons (Fsp3) is 0.636. The Morgan fingerprint density at radius 3 is 3.11 bits per heavy atom. The minimum atomic E-state index is -0.977. The van der Waals surface area contributed by atoms with Crippen LogP contribution in [0.15, 0.2) is 6.20 Å². The van der Waals surface area contributed by atoms with Gasteiger partial charge in [0.25, 0.3) is 0 Å². The van der Waals surface area contributed by atoms with Crippen LogP contribution >= 0.6 is 0 Å². The predicted octanol–water partition coefficient (Wildman–Crippen LogP) is -0.800. The fourth-order valence-electron chi connectivity index (χ4n) is 1.89. The number of ether oxygens (including phenoxy) is 1. The molecule has 1 amide bonds. The Labute approximate surface area is 109 Å². The number of carboxylic acids is 1. The number of hydrogen-bond donors (Lipinski definition) is 2. The smallest absolute Gasteiger partial charge is 0.309 e. The van der Waals surface area contributed by atoms with E-state index in [4.69, 9.17) is 9.84 Å². The van der Waals surface area contributed by atoms with Crippen LogP contribution in [-0.4, -0.2) is 51.2 Å². The summed E-state index contributed by atoms with van der Waals surface area (Å²) in [5.74, 6) is -1.17. The molecule has 0 aromatic carbocycles. The van der Waals surface area contributed by atoms with Crippen molar-refractivity contribution in [2.45, 2.75) is 31.9 Å². The van der Waals surface area contributed by atoms with Gasteiger partial charge in [0, 0.05) is 19.3 Å². The largest absolute Gasteiger partial charge is 0.481 e. The van der Waals surface area contributed by atoms with Crippen molar-refractivity contribution in [3.05, 3.63) is 11.9 Å². The van der Waals surface area contributed by atoms with E-state index in [0.717, 1.165) is 19.4 Å². The molecule has 2 N–H and O–H groups in total. The number of carbonyl (C=O) groups excluding carboxylic acids is 1. The second-order valence-corrected chi connectivity index (χ2v) is 4.42. The number of nitrogens with zero attached hydrogens (tertiary/aromatic N) is 3. The Bertz CT molecular complexity index is 453. The third kappa shape index (κ3) is 4.32. The molecule has 2 rings (SSSR count). The zero-order chi connectivity index (χ0) is 13.7. The molecule has 1 saturated heterocycles. The molecule has 1 aliphatic rings. The van der Waals surface area contributed by atoms with Gasteiger partial charge in [0.2, 0.25) is 5.91 Å². The van der Waals surface area contributed by atoms with Crippen molar-refractivity contribution < 1.29 is 19.4 Å². The van der Waals surface area contributed by atoms with E-state index in [0.29, 0.717) is 12.2 Å². The van der Waals surface area contributed by atoms with Gasteiger partial charge >= 0.3 is 5.97 Å². The molecule has 8 nitrogen and oxygen atoms in total. The first kappa shape index (κ1) is 13.5. The van der Waals surface area contributed by atoms with Crippen LogP contribution in [0.1, 0.15) is 18.5 Å². The van der Waals surface area contributed by atoms with Crippen LogP contribution in [0.25, 0.3) is 0 Å². The molecule has 1 fully saturated rings. The highest BCUT2D eigenvalue weighted by molar-refractivity contribution is 5.75. The van der Waals surface area contributed by atoms with E-state index in [-0.39, 0.29) is 25.0 Å². The summed E-state index contributed by atoms with van der Waals surface area (Å²) in [6, 6.07) is 0. The summed E-state index contributed by atoms with van der Waals surface area (Å²) in [5, 5.41) is 18.7. The van der Waals surface area contributed by atoms with Crippen LogP contribution in [0.2, 0.25) is 0 Å². The molecule has 0 radical (unpaired) electrons. The zero-order valence-electron chi connectivity index (χ0n) is 10.4. The Morgan fingerprint density at radius 2 is 2.42 bits per heavy atom. The highest BCUT2D eigenvalue weighted by Crippen LogP contribution is 2.10. The van der Waals surface area contributed by atoms with Crippen molar-refractivity contribution in [1.29, 1.82) is 0 Å². The van der Waals surface area contributed by atoms with Gasteiger partial charge < -0.3 is 15.2 Å². The predicted molar refractivity (Wildman–Crippen MR) is 63.3 cm³/mol. The minimum Gasteiger partial charge on any atom is -0.481 e. The van der Waals surface area contributed by atoms with Gasteiger partial charge in [-0.25, -0.2) is 4.68 Å². The van der Waals surface area contributed by atoms with E-state index >= 15 is 0 Å². The number of aliphatic carboxylic acids is 1. The molecule has 2 heterocycles. The van der Waals surface area contributed by atoms with Crippen molar-refractivity contribution >= 4 is 11.9 Å². The monoisotopic (exact) mass is 268 g/mol. The molecule has 0 bridgehead atoms. The summed E-state index contributed by atoms with van der Waals surface area (Å²) in [6.07, 6.45) is 3.36. The highest BCUT2D eigenvalue weighted by Gasteiger charge is 2.16. The standard InChI is InChI=1S/C11H16N4O4/c16-10(12-5-9-2-1-3-19-9)7-15-6-8(13-14-15)4-11(17)18/h6,9H,1-5,7H2,(H,12,16)(H,17,18). The third-order valence-corrected chi connectivity index (χ3v) is 2.77. The molecule has 1 aliphatic heterocycles. The van der Waals surface area contributed by atoms with Crippen molar-refractivity contribution in [2.24, 2.45) is 0 Å². The van der Waals surface area contributed by atoms with Gasteiger partial charge in [-0.15, -0.1) is 5.10 Å². The van der Waals surface area contributed by atoms with Crippen LogP contribution in [0.5, 0.6) is 0 Å². The molecule has 1 unspecified atom stereocenters. The first-order valence-electron chi connectivity index (χ1n) is 6.12. The number of carbonyl (C=O) groups is 2. The Balaban J connectivity index is 1.74. The van der Waals surface area contributed by atoms with Gasteiger partial charge in [0.15, 0.2) is 0 Å². The normalized spacial score (nSPS) is 18.4. The van der Waals surface area contributed by atoms with Gasteiger partial charge in [0.05, 0.1) is 18.2 Å². The SMILES string of the molecule is O=C(O)Cc1cn(CC(=O)NCC2CCCO2)nn1. The summed E-state index contributed by atoms with van der Waals surface area (Å²) in [6.45, 7) is 1.27. The Kier molecular flexibility index (Phi) is 4.45. The summed E-state index contributed by atoms with van der Waals surface area (Å²) >= 11 is 0.